The van der Waals surface area contributed by atoms with Crippen molar-refractivity contribution in [2.24, 2.45) is 5.41 Å². The number of hydrogen-bond acceptors (Lipinski definition) is 2. The van der Waals surface area contributed by atoms with E-state index in [1.807, 2.05) is 0 Å². The van der Waals surface area contributed by atoms with Crippen LogP contribution in [0.2, 0.25) is 6.82 Å². The third kappa shape index (κ3) is 4.27. The van der Waals surface area contributed by atoms with Crippen LogP contribution in [0.4, 0.5) is 0 Å². The minimum atomic E-state index is -0.155. The molecule has 0 unspecified atom stereocenters. The van der Waals surface area contributed by atoms with E-state index in [0.29, 0.717) is 0 Å². The maximum absolute atomic E-state index is 6.44. The van der Waals surface area contributed by atoms with Gasteiger partial charge in [0.05, 0.1) is 5.60 Å². The second kappa shape index (κ2) is 7.23. The number of nitrogens with one attached hydrogen (secondary N) is 1. The lowest BCUT2D eigenvalue weighted by molar-refractivity contribution is -0.0135. The van der Waals surface area contributed by atoms with Gasteiger partial charge in [-0.1, -0.05) is 57.9 Å². The molecule has 0 bridgehead atoms. The van der Waals surface area contributed by atoms with Crippen LogP contribution in [0.25, 0.3) is 5.57 Å². The van der Waals surface area contributed by atoms with E-state index in [9.17, 15) is 0 Å². The topological polar surface area (TPSA) is 21.3 Å². The van der Waals surface area contributed by atoms with E-state index in [2.05, 4.69) is 77.1 Å². The average molecular weight is 313 g/mol. The minimum Gasteiger partial charge on any atom is -0.426 e. The maximum Gasteiger partial charge on any atom is 0.324 e. The fourth-order valence-electron chi connectivity index (χ4n) is 2.95. The Morgan fingerprint density at radius 2 is 1.78 bits per heavy atom. The lowest BCUT2D eigenvalue weighted by Gasteiger charge is -2.43. The molecule has 2 rings (SSSR count). The smallest absolute Gasteiger partial charge is 0.324 e. The Hall–Kier alpha value is -1.06. The molecule has 3 heteroatoms. The van der Waals surface area contributed by atoms with Gasteiger partial charge in [0, 0.05) is 6.54 Å². The molecule has 2 nitrogen and oxygen atoms in total. The van der Waals surface area contributed by atoms with Crippen LogP contribution in [0.1, 0.15) is 53.0 Å². The summed E-state index contributed by atoms with van der Waals surface area (Å²) in [4.78, 5) is 0. The van der Waals surface area contributed by atoms with E-state index in [-0.39, 0.29) is 17.9 Å². The van der Waals surface area contributed by atoms with Gasteiger partial charge in [-0.3, -0.25) is 0 Å². The van der Waals surface area contributed by atoms with Gasteiger partial charge >= 0.3 is 6.92 Å². The molecule has 0 spiro atoms. The van der Waals surface area contributed by atoms with Crippen molar-refractivity contribution < 1.29 is 4.65 Å². The Kier molecular flexibility index (Phi) is 5.75. The van der Waals surface area contributed by atoms with Crippen molar-refractivity contribution in [3.8, 4) is 0 Å². The summed E-state index contributed by atoms with van der Waals surface area (Å²) in [6.45, 7) is 15.5. The van der Waals surface area contributed by atoms with Crippen LogP contribution in [0.5, 0.6) is 0 Å². The number of hydrogen-bond donors (Lipinski definition) is 1. The highest BCUT2D eigenvalue weighted by atomic mass is 16.5. The van der Waals surface area contributed by atoms with E-state index in [1.165, 1.54) is 16.6 Å². The minimum absolute atomic E-state index is 0.104. The maximum atomic E-state index is 6.44. The van der Waals surface area contributed by atoms with E-state index < -0.39 is 0 Å². The van der Waals surface area contributed by atoms with Crippen molar-refractivity contribution >= 4 is 18.0 Å². The molecule has 1 aliphatic rings. The molecule has 0 aliphatic carbocycles. The molecule has 1 aliphatic heterocycles. The molecular weight excluding hydrogens is 281 g/mol. The highest BCUT2D eigenvalue weighted by Gasteiger charge is 2.38. The summed E-state index contributed by atoms with van der Waals surface area (Å²) in [5.74, 6) is 0. The third-order valence-electron chi connectivity index (χ3n) is 5.80. The quantitative estimate of drug-likeness (QED) is 0.798. The Bertz CT molecular complexity index is 545. The summed E-state index contributed by atoms with van der Waals surface area (Å²) >= 11 is 0. The molecule has 0 saturated carbocycles. The van der Waals surface area contributed by atoms with E-state index in [4.69, 9.17) is 4.65 Å². The second-order valence-electron chi connectivity index (χ2n) is 7.81. The zero-order chi connectivity index (χ0) is 17.1. The van der Waals surface area contributed by atoms with Crippen molar-refractivity contribution in [1.29, 1.82) is 0 Å². The van der Waals surface area contributed by atoms with Gasteiger partial charge in [-0.25, -0.2) is 0 Å². The summed E-state index contributed by atoms with van der Waals surface area (Å²) in [5, 5.41) is 3.36. The molecule has 0 saturated heterocycles. The monoisotopic (exact) mass is 313 g/mol. The fraction of sp³-hybridized carbons (Fsp3) is 0.600. The van der Waals surface area contributed by atoms with Crippen LogP contribution < -0.4 is 10.8 Å². The first-order valence-electron chi connectivity index (χ1n) is 8.95. The Labute approximate surface area is 142 Å². The Balaban J connectivity index is 2.08. The van der Waals surface area contributed by atoms with Gasteiger partial charge in [0.25, 0.3) is 0 Å². The summed E-state index contributed by atoms with van der Waals surface area (Å²) in [7, 11) is 0. The van der Waals surface area contributed by atoms with Gasteiger partial charge in [-0.15, -0.1) is 0 Å². The fourth-order valence-corrected chi connectivity index (χ4v) is 2.95. The van der Waals surface area contributed by atoms with Crippen LogP contribution in [-0.2, 0) is 4.65 Å². The number of rotatable bonds is 6. The highest BCUT2D eigenvalue weighted by Crippen LogP contribution is 2.37. The summed E-state index contributed by atoms with van der Waals surface area (Å²) in [6, 6.07) is 8.92. The van der Waals surface area contributed by atoms with Crippen molar-refractivity contribution in [2.75, 3.05) is 13.1 Å². The first kappa shape index (κ1) is 18.3. The first-order valence-corrected chi connectivity index (χ1v) is 8.95. The van der Waals surface area contributed by atoms with Crippen molar-refractivity contribution in [3.63, 3.8) is 0 Å². The Morgan fingerprint density at radius 3 is 2.30 bits per heavy atom. The van der Waals surface area contributed by atoms with Gasteiger partial charge in [-0.2, -0.15) is 0 Å². The predicted molar refractivity (Wildman–Crippen MR) is 102 cm³/mol. The number of benzene rings is 1. The lowest BCUT2D eigenvalue weighted by atomic mass is 9.61. The van der Waals surface area contributed by atoms with Crippen LogP contribution in [0.15, 0.2) is 30.3 Å². The summed E-state index contributed by atoms with van der Waals surface area (Å²) in [6.07, 6.45) is 4.52. The average Bonchev–Trinajstić information content (AvgIpc) is 2.55. The van der Waals surface area contributed by atoms with Crippen LogP contribution in [0.3, 0.4) is 0 Å². The summed E-state index contributed by atoms with van der Waals surface area (Å²) < 4.78 is 6.44. The van der Waals surface area contributed by atoms with Gasteiger partial charge in [0.15, 0.2) is 0 Å². The molecule has 0 radical (unpaired) electrons. The second-order valence-corrected chi connectivity index (χ2v) is 7.81. The lowest BCUT2D eigenvalue weighted by Crippen LogP contribution is -2.47. The zero-order valence-electron chi connectivity index (χ0n) is 15.7. The van der Waals surface area contributed by atoms with Crippen LogP contribution in [-0.4, -0.2) is 25.6 Å². The van der Waals surface area contributed by atoms with E-state index in [1.54, 1.807) is 0 Å². The summed E-state index contributed by atoms with van der Waals surface area (Å²) in [5.41, 5.74) is 4.05. The van der Waals surface area contributed by atoms with Gasteiger partial charge in [0.1, 0.15) is 0 Å². The van der Waals surface area contributed by atoms with E-state index >= 15 is 0 Å². The first-order chi connectivity index (χ1) is 10.8. The molecule has 1 aromatic carbocycles. The molecule has 126 valence electrons. The molecule has 1 aromatic rings. The third-order valence-corrected chi connectivity index (χ3v) is 5.80. The molecule has 0 amide bonds. The predicted octanol–water partition coefficient (Wildman–Crippen LogP) is 4.12. The molecule has 1 N–H and O–H groups in total. The van der Waals surface area contributed by atoms with Crippen molar-refractivity contribution in [3.05, 3.63) is 35.9 Å². The van der Waals surface area contributed by atoms with Gasteiger partial charge in [0.2, 0.25) is 0 Å². The Morgan fingerprint density at radius 1 is 1.13 bits per heavy atom. The van der Waals surface area contributed by atoms with Gasteiger partial charge in [-0.05, 0) is 55.2 Å². The molecule has 0 aromatic heterocycles. The normalized spacial score (nSPS) is 16.2. The SMILES string of the molecule is CCC(C)(C)C(C)(C)OB(C)c1ccc(C2=CCNCC2)cc1. The molecule has 23 heavy (non-hydrogen) atoms. The zero-order valence-corrected chi connectivity index (χ0v) is 15.7. The molecule has 0 atom stereocenters. The standard InChI is InChI=1S/C20H32BNO/c1-7-19(2,3)20(4,5)23-21(6)18-10-8-16(9-11-18)17-12-14-22-15-13-17/h8-12,22H,7,13-15H2,1-6H3. The largest absolute Gasteiger partial charge is 0.426 e. The van der Waals surface area contributed by atoms with Crippen LogP contribution in [0, 0.1) is 5.41 Å². The van der Waals surface area contributed by atoms with E-state index in [0.717, 1.165) is 25.9 Å². The van der Waals surface area contributed by atoms with Crippen molar-refractivity contribution in [2.45, 2.75) is 59.9 Å². The van der Waals surface area contributed by atoms with Crippen molar-refractivity contribution in [1.82, 2.24) is 5.32 Å². The molecule has 1 heterocycles. The van der Waals surface area contributed by atoms with Crippen LogP contribution >= 0.6 is 0 Å². The molecule has 0 fully saturated rings. The highest BCUT2D eigenvalue weighted by molar-refractivity contribution is 6.66. The molecular formula is C20H32BNO. The van der Waals surface area contributed by atoms with Gasteiger partial charge < -0.3 is 9.97 Å².